The molecule has 2 aromatic carbocycles. The standard InChI is InChI=1S/C23H19N5O2/c1-15-6-8-17(9-7-15)19-13-20-23(29)27(10-11-28(20)25-19)14-21-24-22(26-30-21)18-5-3-4-16(2)12-18/h3-13H,14H2,1-2H3. The van der Waals surface area contributed by atoms with Crippen molar-refractivity contribution in [2.45, 2.75) is 20.4 Å². The first-order valence-electron chi connectivity index (χ1n) is 9.62. The molecule has 0 saturated heterocycles. The average Bonchev–Trinajstić information content (AvgIpc) is 3.38. The van der Waals surface area contributed by atoms with E-state index in [1.807, 2.05) is 62.4 Å². The highest BCUT2D eigenvalue weighted by atomic mass is 16.5. The summed E-state index contributed by atoms with van der Waals surface area (Å²) in [5, 5.41) is 8.57. The Morgan fingerprint density at radius 2 is 1.77 bits per heavy atom. The van der Waals surface area contributed by atoms with Crippen LogP contribution < -0.4 is 5.56 Å². The maximum atomic E-state index is 13.0. The largest absolute Gasteiger partial charge is 0.337 e. The lowest BCUT2D eigenvalue weighted by Crippen LogP contribution is -2.21. The van der Waals surface area contributed by atoms with E-state index in [1.54, 1.807) is 27.5 Å². The first-order chi connectivity index (χ1) is 14.6. The minimum absolute atomic E-state index is 0.168. The van der Waals surface area contributed by atoms with Crippen LogP contribution in [0.3, 0.4) is 0 Å². The summed E-state index contributed by atoms with van der Waals surface area (Å²) in [5.74, 6) is 0.880. The van der Waals surface area contributed by atoms with Gasteiger partial charge in [-0.15, -0.1) is 0 Å². The molecule has 0 saturated carbocycles. The van der Waals surface area contributed by atoms with Crippen LogP contribution in [0.5, 0.6) is 0 Å². The van der Waals surface area contributed by atoms with Crippen LogP contribution >= 0.6 is 0 Å². The van der Waals surface area contributed by atoms with Gasteiger partial charge in [-0.05, 0) is 26.0 Å². The van der Waals surface area contributed by atoms with Crippen molar-refractivity contribution in [2.24, 2.45) is 0 Å². The second-order valence-electron chi connectivity index (χ2n) is 7.34. The first-order valence-corrected chi connectivity index (χ1v) is 9.62. The lowest BCUT2D eigenvalue weighted by molar-refractivity contribution is 0.370. The fourth-order valence-electron chi connectivity index (χ4n) is 3.38. The summed E-state index contributed by atoms with van der Waals surface area (Å²) in [6.45, 7) is 4.24. The van der Waals surface area contributed by atoms with Crippen molar-refractivity contribution >= 4 is 5.52 Å². The molecule has 0 aliphatic rings. The molecule has 0 atom stereocenters. The Labute approximate surface area is 172 Å². The molecular weight excluding hydrogens is 378 g/mol. The van der Waals surface area contributed by atoms with Crippen LogP contribution in [0.15, 0.2) is 76.3 Å². The van der Waals surface area contributed by atoms with E-state index in [-0.39, 0.29) is 12.1 Å². The quantitative estimate of drug-likeness (QED) is 0.460. The zero-order valence-corrected chi connectivity index (χ0v) is 16.6. The third-order valence-corrected chi connectivity index (χ3v) is 5.00. The van der Waals surface area contributed by atoms with Gasteiger partial charge < -0.3 is 9.09 Å². The van der Waals surface area contributed by atoms with E-state index in [1.165, 1.54) is 5.56 Å². The molecule has 0 aliphatic heterocycles. The number of rotatable bonds is 4. The monoisotopic (exact) mass is 397 g/mol. The second-order valence-corrected chi connectivity index (χ2v) is 7.34. The van der Waals surface area contributed by atoms with Gasteiger partial charge in [-0.1, -0.05) is 58.7 Å². The molecule has 0 fully saturated rings. The lowest BCUT2D eigenvalue weighted by Gasteiger charge is -2.02. The molecule has 7 nitrogen and oxygen atoms in total. The van der Waals surface area contributed by atoms with Gasteiger partial charge in [0, 0.05) is 23.5 Å². The number of fused-ring (bicyclic) bond motifs is 1. The summed E-state index contributed by atoms with van der Waals surface area (Å²) in [7, 11) is 0. The van der Waals surface area contributed by atoms with Crippen molar-refractivity contribution in [2.75, 3.05) is 0 Å². The fourth-order valence-corrected chi connectivity index (χ4v) is 3.38. The zero-order valence-electron chi connectivity index (χ0n) is 16.6. The van der Waals surface area contributed by atoms with Gasteiger partial charge in [0.05, 0.1) is 5.69 Å². The molecule has 0 spiro atoms. The van der Waals surface area contributed by atoms with Crippen molar-refractivity contribution in [1.29, 1.82) is 0 Å². The molecule has 148 valence electrons. The average molecular weight is 397 g/mol. The van der Waals surface area contributed by atoms with Gasteiger partial charge in [-0.3, -0.25) is 4.79 Å². The molecule has 5 rings (SSSR count). The van der Waals surface area contributed by atoms with Crippen LogP contribution in [0.1, 0.15) is 17.0 Å². The van der Waals surface area contributed by atoms with Crippen LogP contribution in [0.2, 0.25) is 0 Å². The van der Waals surface area contributed by atoms with Gasteiger partial charge in [0.25, 0.3) is 5.56 Å². The van der Waals surface area contributed by atoms with Gasteiger partial charge in [0.15, 0.2) is 0 Å². The SMILES string of the molecule is Cc1ccc(-c2cc3c(=O)n(Cc4nc(-c5cccc(C)c5)no4)ccn3n2)cc1. The van der Waals surface area contributed by atoms with Crippen LogP contribution in [-0.4, -0.2) is 24.3 Å². The molecule has 0 amide bonds. The van der Waals surface area contributed by atoms with Crippen LogP contribution in [-0.2, 0) is 6.54 Å². The van der Waals surface area contributed by atoms with E-state index < -0.39 is 0 Å². The second kappa shape index (κ2) is 7.11. The summed E-state index contributed by atoms with van der Waals surface area (Å²) in [5.41, 5.74) is 5.22. The number of aryl methyl sites for hydroxylation is 2. The summed E-state index contributed by atoms with van der Waals surface area (Å²) in [4.78, 5) is 17.4. The van der Waals surface area contributed by atoms with Crippen molar-refractivity contribution in [3.63, 3.8) is 0 Å². The number of benzene rings is 2. The maximum absolute atomic E-state index is 13.0. The van der Waals surface area contributed by atoms with Crippen LogP contribution in [0.4, 0.5) is 0 Å². The van der Waals surface area contributed by atoms with Gasteiger partial charge in [-0.2, -0.15) is 10.1 Å². The Kier molecular flexibility index (Phi) is 4.28. The van der Waals surface area contributed by atoms with Crippen molar-refractivity contribution in [1.82, 2.24) is 24.3 Å². The highest BCUT2D eigenvalue weighted by molar-refractivity contribution is 5.65. The molecule has 0 N–H and O–H groups in total. The topological polar surface area (TPSA) is 78.2 Å². The number of nitrogens with zero attached hydrogens (tertiary/aromatic N) is 5. The van der Waals surface area contributed by atoms with Crippen molar-refractivity contribution in [3.8, 4) is 22.6 Å². The molecular formula is C23H19N5O2. The van der Waals surface area contributed by atoms with Crippen molar-refractivity contribution < 1.29 is 4.52 Å². The van der Waals surface area contributed by atoms with E-state index in [9.17, 15) is 4.79 Å². The molecule has 0 radical (unpaired) electrons. The predicted octanol–water partition coefficient (Wildman–Crippen LogP) is 3.88. The Bertz CT molecular complexity index is 1410. The molecule has 3 aromatic heterocycles. The molecule has 5 aromatic rings. The highest BCUT2D eigenvalue weighted by Crippen LogP contribution is 2.19. The normalized spacial score (nSPS) is 11.3. The molecule has 0 bridgehead atoms. The van der Waals surface area contributed by atoms with E-state index in [2.05, 4.69) is 15.2 Å². The molecule has 3 heterocycles. The van der Waals surface area contributed by atoms with Gasteiger partial charge in [0.2, 0.25) is 11.7 Å². The summed E-state index contributed by atoms with van der Waals surface area (Å²) < 4.78 is 8.51. The summed E-state index contributed by atoms with van der Waals surface area (Å²) in [6, 6.07) is 17.7. The van der Waals surface area contributed by atoms with E-state index >= 15 is 0 Å². The molecule has 0 unspecified atom stereocenters. The lowest BCUT2D eigenvalue weighted by atomic mass is 10.1. The first kappa shape index (κ1) is 18.1. The Hall–Kier alpha value is -4.00. The number of hydrogen-bond donors (Lipinski definition) is 0. The predicted molar refractivity (Wildman–Crippen MR) is 113 cm³/mol. The third-order valence-electron chi connectivity index (χ3n) is 5.00. The van der Waals surface area contributed by atoms with Crippen molar-refractivity contribution in [3.05, 3.63) is 94.4 Å². The summed E-state index contributed by atoms with van der Waals surface area (Å²) in [6.07, 6.45) is 3.43. The van der Waals surface area contributed by atoms with E-state index in [4.69, 9.17) is 4.52 Å². The summed E-state index contributed by atoms with van der Waals surface area (Å²) >= 11 is 0. The Balaban J connectivity index is 1.46. The minimum atomic E-state index is -0.168. The zero-order chi connectivity index (χ0) is 20.7. The number of aromatic nitrogens is 5. The van der Waals surface area contributed by atoms with Gasteiger partial charge in [-0.25, -0.2) is 4.52 Å². The third kappa shape index (κ3) is 3.30. The van der Waals surface area contributed by atoms with Gasteiger partial charge >= 0.3 is 0 Å². The smallest absolute Gasteiger partial charge is 0.277 e. The fraction of sp³-hybridized carbons (Fsp3) is 0.130. The van der Waals surface area contributed by atoms with E-state index in [0.717, 1.165) is 22.4 Å². The van der Waals surface area contributed by atoms with E-state index in [0.29, 0.717) is 17.2 Å². The Morgan fingerprint density at radius 3 is 2.57 bits per heavy atom. The van der Waals surface area contributed by atoms with Crippen LogP contribution in [0.25, 0.3) is 28.2 Å². The van der Waals surface area contributed by atoms with Gasteiger partial charge in [0.1, 0.15) is 12.1 Å². The van der Waals surface area contributed by atoms with Crippen LogP contribution in [0, 0.1) is 13.8 Å². The maximum Gasteiger partial charge on any atom is 0.277 e. The Morgan fingerprint density at radius 1 is 0.933 bits per heavy atom. The molecule has 0 aliphatic carbocycles. The number of hydrogen-bond acceptors (Lipinski definition) is 5. The highest BCUT2D eigenvalue weighted by Gasteiger charge is 2.13. The molecule has 7 heteroatoms. The minimum Gasteiger partial charge on any atom is -0.337 e. The molecule has 30 heavy (non-hydrogen) atoms.